The number of nitrogens with one attached hydrogen (secondary N) is 1. The number of aryl methyl sites for hydroxylation is 1. The predicted molar refractivity (Wildman–Crippen MR) is 112 cm³/mol. The molecule has 2 heterocycles. The molecule has 1 aliphatic rings. The fraction of sp³-hybridized carbons (Fsp3) is 0.364. The van der Waals surface area contributed by atoms with Crippen LogP contribution in [0.15, 0.2) is 54.9 Å². The molecule has 3 aromatic rings. The lowest BCUT2D eigenvalue weighted by Crippen LogP contribution is -2.44. The van der Waals surface area contributed by atoms with Crippen molar-refractivity contribution in [3.05, 3.63) is 65.4 Å². The molecule has 4 rings (SSSR count). The smallest absolute Gasteiger partial charge is 0.222 e. The molecule has 5 nitrogen and oxygen atoms in total. The van der Waals surface area contributed by atoms with Crippen LogP contribution in [0.1, 0.15) is 24.8 Å². The Morgan fingerprint density at radius 2 is 1.86 bits per heavy atom. The highest BCUT2D eigenvalue weighted by molar-refractivity contribution is 6.30. The topological polar surface area (TPSA) is 50.2 Å². The number of carbonyl (C=O) groups excluding carboxylic acids is 1. The lowest BCUT2D eigenvalue weighted by molar-refractivity contribution is -0.122. The Kier molecular flexibility index (Phi) is 5.93. The van der Waals surface area contributed by atoms with Crippen molar-refractivity contribution in [1.29, 1.82) is 0 Å². The third-order valence-corrected chi connectivity index (χ3v) is 5.63. The Morgan fingerprint density at radius 3 is 2.64 bits per heavy atom. The van der Waals surface area contributed by atoms with Crippen LogP contribution in [0.4, 0.5) is 0 Å². The normalized spacial score (nSPS) is 15.8. The van der Waals surface area contributed by atoms with E-state index in [-0.39, 0.29) is 11.9 Å². The molecule has 1 amide bonds. The van der Waals surface area contributed by atoms with Crippen molar-refractivity contribution in [2.75, 3.05) is 13.1 Å². The quantitative estimate of drug-likeness (QED) is 0.688. The number of likely N-dealkylation sites (tertiary alicyclic amines) is 1. The fourth-order valence-corrected chi connectivity index (χ4v) is 3.92. The van der Waals surface area contributed by atoms with Gasteiger partial charge in [0.25, 0.3) is 0 Å². The zero-order valence-electron chi connectivity index (χ0n) is 15.9. The highest BCUT2D eigenvalue weighted by atomic mass is 35.5. The van der Waals surface area contributed by atoms with Crippen LogP contribution in [-0.2, 0) is 17.9 Å². The van der Waals surface area contributed by atoms with E-state index in [1.807, 2.05) is 47.3 Å². The van der Waals surface area contributed by atoms with Gasteiger partial charge in [-0.2, -0.15) is 0 Å². The molecule has 0 unspecified atom stereocenters. The summed E-state index contributed by atoms with van der Waals surface area (Å²) in [6.45, 7) is 3.59. The van der Waals surface area contributed by atoms with Gasteiger partial charge in [-0.25, -0.2) is 4.98 Å². The number of aromatic nitrogens is 2. The number of amides is 1. The Hall–Kier alpha value is -2.37. The number of imidazole rings is 1. The van der Waals surface area contributed by atoms with Crippen LogP contribution in [0.3, 0.4) is 0 Å². The SMILES string of the molecule is O=C(CCn1cnc2ccccc21)NC1CCN(Cc2ccc(Cl)cc2)CC1. The number of halogens is 1. The predicted octanol–water partition coefficient (Wildman–Crippen LogP) is 3.86. The van der Waals surface area contributed by atoms with E-state index in [4.69, 9.17) is 11.6 Å². The Balaban J connectivity index is 1.21. The number of carbonyl (C=O) groups is 1. The van der Waals surface area contributed by atoms with Crippen LogP contribution in [0.25, 0.3) is 11.0 Å². The molecule has 6 heteroatoms. The van der Waals surface area contributed by atoms with E-state index in [1.165, 1.54) is 5.56 Å². The molecule has 2 aromatic carbocycles. The van der Waals surface area contributed by atoms with Gasteiger partial charge in [-0.3, -0.25) is 9.69 Å². The minimum absolute atomic E-state index is 0.119. The number of hydrogen-bond donors (Lipinski definition) is 1. The third-order valence-electron chi connectivity index (χ3n) is 5.38. The van der Waals surface area contributed by atoms with Crippen molar-refractivity contribution in [2.45, 2.75) is 38.4 Å². The summed E-state index contributed by atoms with van der Waals surface area (Å²) in [4.78, 5) is 19.2. The Labute approximate surface area is 170 Å². The lowest BCUT2D eigenvalue weighted by atomic mass is 10.0. The average molecular weight is 397 g/mol. The summed E-state index contributed by atoms with van der Waals surface area (Å²) in [5, 5.41) is 3.98. The van der Waals surface area contributed by atoms with Crippen molar-refractivity contribution in [2.24, 2.45) is 0 Å². The van der Waals surface area contributed by atoms with Crippen molar-refractivity contribution < 1.29 is 4.79 Å². The van der Waals surface area contributed by atoms with Gasteiger partial charge >= 0.3 is 0 Å². The van der Waals surface area contributed by atoms with Crippen LogP contribution in [0.2, 0.25) is 5.02 Å². The first-order chi connectivity index (χ1) is 13.7. The molecule has 0 radical (unpaired) electrons. The average Bonchev–Trinajstić information content (AvgIpc) is 3.13. The number of para-hydroxylation sites is 2. The number of hydrogen-bond acceptors (Lipinski definition) is 3. The first-order valence-corrected chi connectivity index (χ1v) is 10.2. The largest absolute Gasteiger partial charge is 0.353 e. The van der Waals surface area contributed by atoms with Crippen LogP contribution < -0.4 is 5.32 Å². The van der Waals surface area contributed by atoms with Gasteiger partial charge in [-0.05, 0) is 42.7 Å². The van der Waals surface area contributed by atoms with E-state index < -0.39 is 0 Å². The minimum Gasteiger partial charge on any atom is -0.353 e. The van der Waals surface area contributed by atoms with Gasteiger partial charge in [0.1, 0.15) is 0 Å². The van der Waals surface area contributed by atoms with E-state index in [0.29, 0.717) is 13.0 Å². The van der Waals surface area contributed by atoms with Crippen molar-refractivity contribution in [3.63, 3.8) is 0 Å². The molecule has 1 saturated heterocycles. The zero-order valence-corrected chi connectivity index (χ0v) is 16.6. The molecule has 0 bridgehead atoms. The molecule has 0 spiro atoms. The third kappa shape index (κ3) is 4.72. The zero-order chi connectivity index (χ0) is 19.3. The summed E-state index contributed by atoms with van der Waals surface area (Å²) in [5.41, 5.74) is 3.32. The van der Waals surface area contributed by atoms with Gasteiger partial charge in [0.15, 0.2) is 0 Å². The van der Waals surface area contributed by atoms with E-state index in [0.717, 1.165) is 48.5 Å². The van der Waals surface area contributed by atoms with Gasteiger partial charge in [0, 0.05) is 43.7 Å². The molecule has 28 heavy (non-hydrogen) atoms. The van der Waals surface area contributed by atoms with Gasteiger partial charge in [0.2, 0.25) is 5.91 Å². The molecule has 1 aromatic heterocycles. The van der Waals surface area contributed by atoms with Crippen LogP contribution in [0, 0.1) is 0 Å². The second-order valence-electron chi connectivity index (χ2n) is 7.42. The van der Waals surface area contributed by atoms with Crippen LogP contribution >= 0.6 is 11.6 Å². The van der Waals surface area contributed by atoms with Crippen LogP contribution in [-0.4, -0.2) is 39.5 Å². The number of nitrogens with zero attached hydrogens (tertiary/aromatic N) is 3. The maximum Gasteiger partial charge on any atom is 0.222 e. The van der Waals surface area contributed by atoms with Crippen LogP contribution in [0.5, 0.6) is 0 Å². The fourth-order valence-electron chi connectivity index (χ4n) is 3.79. The monoisotopic (exact) mass is 396 g/mol. The van der Waals surface area contributed by atoms with Crippen molar-refractivity contribution >= 4 is 28.5 Å². The highest BCUT2D eigenvalue weighted by Crippen LogP contribution is 2.16. The molecule has 146 valence electrons. The highest BCUT2D eigenvalue weighted by Gasteiger charge is 2.20. The minimum atomic E-state index is 0.119. The standard InChI is InChI=1S/C22H25ClN4O/c23-18-7-5-17(6-8-18)15-26-12-9-19(10-13-26)25-22(28)11-14-27-16-24-20-3-1-2-4-21(20)27/h1-8,16,19H,9-15H2,(H,25,28). The van der Waals surface area contributed by atoms with E-state index in [1.54, 1.807) is 0 Å². The summed E-state index contributed by atoms with van der Waals surface area (Å²) in [6, 6.07) is 16.3. The number of piperidine rings is 1. The molecule has 0 aliphatic carbocycles. The second-order valence-corrected chi connectivity index (χ2v) is 7.86. The van der Waals surface area contributed by atoms with Crippen molar-refractivity contribution in [3.8, 4) is 0 Å². The first kappa shape index (κ1) is 19.0. The summed E-state index contributed by atoms with van der Waals surface area (Å²) < 4.78 is 2.05. The molecule has 1 fully saturated rings. The Morgan fingerprint density at radius 1 is 1.11 bits per heavy atom. The van der Waals surface area contributed by atoms with E-state index in [9.17, 15) is 4.79 Å². The lowest BCUT2D eigenvalue weighted by Gasteiger charge is -2.32. The molecular weight excluding hydrogens is 372 g/mol. The van der Waals surface area contributed by atoms with E-state index in [2.05, 4.69) is 27.3 Å². The number of fused-ring (bicyclic) bond motifs is 1. The summed E-state index contributed by atoms with van der Waals surface area (Å²) >= 11 is 5.95. The van der Waals surface area contributed by atoms with Crippen molar-refractivity contribution in [1.82, 2.24) is 19.8 Å². The molecule has 1 aliphatic heterocycles. The number of rotatable bonds is 6. The first-order valence-electron chi connectivity index (χ1n) is 9.83. The van der Waals surface area contributed by atoms with E-state index >= 15 is 0 Å². The maximum atomic E-state index is 12.4. The molecular formula is C22H25ClN4O. The number of benzene rings is 2. The summed E-state index contributed by atoms with van der Waals surface area (Å²) in [6.07, 6.45) is 4.28. The van der Waals surface area contributed by atoms with Gasteiger partial charge in [-0.15, -0.1) is 0 Å². The molecule has 1 N–H and O–H groups in total. The molecule has 0 saturated carbocycles. The van der Waals surface area contributed by atoms with Gasteiger partial charge in [0.05, 0.1) is 17.4 Å². The summed E-state index contributed by atoms with van der Waals surface area (Å²) in [5.74, 6) is 0.119. The van der Waals surface area contributed by atoms with Gasteiger partial charge < -0.3 is 9.88 Å². The summed E-state index contributed by atoms with van der Waals surface area (Å²) in [7, 11) is 0. The maximum absolute atomic E-state index is 12.4. The van der Waals surface area contributed by atoms with Gasteiger partial charge in [-0.1, -0.05) is 35.9 Å². The Bertz CT molecular complexity index is 929. The second kappa shape index (κ2) is 8.76. The molecule has 0 atom stereocenters.